The van der Waals surface area contributed by atoms with Crippen LogP contribution in [0, 0.1) is 5.92 Å². The number of fused-ring (bicyclic) bond motifs is 1. The first kappa shape index (κ1) is 32.5. The third-order valence-electron chi connectivity index (χ3n) is 7.70. The number of benzene rings is 3. The van der Waals surface area contributed by atoms with E-state index in [1.54, 1.807) is 34.9 Å². The Morgan fingerprint density at radius 3 is 2.47 bits per heavy atom. The first-order valence-corrected chi connectivity index (χ1v) is 17.0. The summed E-state index contributed by atoms with van der Waals surface area (Å²) < 4.78 is 30.6. The Morgan fingerprint density at radius 2 is 1.78 bits per heavy atom. The van der Waals surface area contributed by atoms with Gasteiger partial charge in [0.05, 0.1) is 22.0 Å². The molecule has 4 aromatic rings. The molecule has 0 saturated heterocycles. The van der Waals surface area contributed by atoms with Gasteiger partial charge in [0.15, 0.2) is 5.82 Å². The summed E-state index contributed by atoms with van der Waals surface area (Å²) in [5.41, 5.74) is 2.32. The topological polar surface area (TPSA) is 113 Å². The highest BCUT2D eigenvalue weighted by atomic mass is 35.5. The Kier molecular flexibility index (Phi) is 9.57. The van der Waals surface area contributed by atoms with Crippen molar-refractivity contribution in [2.75, 3.05) is 17.3 Å². The Labute approximate surface area is 273 Å². The van der Waals surface area contributed by atoms with Crippen LogP contribution in [0.4, 0.5) is 11.5 Å². The molecule has 1 atom stereocenters. The van der Waals surface area contributed by atoms with Gasteiger partial charge < -0.3 is 10.2 Å². The number of sulfonamides is 1. The number of carbonyl (C=O) groups excluding carboxylic acids is 1. The van der Waals surface area contributed by atoms with E-state index in [0.717, 1.165) is 18.4 Å². The Morgan fingerprint density at radius 1 is 1.07 bits per heavy atom. The van der Waals surface area contributed by atoms with Crippen LogP contribution in [0.15, 0.2) is 76.4 Å². The lowest BCUT2D eigenvalue weighted by Crippen LogP contribution is -2.36. The minimum atomic E-state index is -4.28. The van der Waals surface area contributed by atoms with Crippen molar-refractivity contribution >= 4 is 50.6 Å². The molecule has 1 aromatic heterocycles. The van der Waals surface area contributed by atoms with Crippen LogP contribution in [0.2, 0.25) is 10.0 Å². The lowest BCUT2D eigenvalue weighted by molar-refractivity contribution is 0.0981. The van der Waals surface area contributed by atoms with E-state index in [1.807, 2.05) is 24.1 Å². The molecule has 5 rings (SSSR count). The Bertz CT molecular complexity index is 1910. The molecule has 45 heavy (non-hydrogen) atoms. The van der Waals surface area contributed by atoms with E-state index in [9.17, 15) is 18.0 Å². The molecule has 236 valence electrons. The fourth-order valence-electron chi connectivity index (χ4n) is 5.47. The number of aryl methyl sites for hydroxylation is 1. The molecule has 2 heterocycles. The molecule has 1 aliphatic rings. The fraction of sp³-hybridized carbons (Fsp3) is 0.303. The van der Waals surface area contributed by atoms with E-state index < -0.39 is 15.9 Å². The van der Waals surface area contributed by atoms with Gasteiger partial charge in [-0.2, -0.15) is 0 Å². The maximum Gasteiger partial charge on any atom is 0.279 e. The SMILES string of the molecule is CCCc1nc2c(c(=O)n1Cc1ccc(-c3ccccc3S(=O)(=O)NC(=O)c3cc(Cl)ccc3Cl)cc1)N(C)C(CC(C)C)N2. The highest BCUT2D eigenvalue weighted by Crippen LogP contribution is 2.32. The summed E-state index contributed by atoms with van der Waals surface area (Å²) >= 11 is 12.1. The number of carbonyl (C=O) groups is 1. The summed E-state index contributed by atoms with van der Waals surface area (Å²) in [5.74, 6) is 0.905. The largest absolute Gasteiger partial charge is 0.348 e. The number of rotatable bonds is 10. The minimum Gasteiger partial charge on any atom is -0.348 e. The van der Waals surface area contributed by atoms with Crippen molar-refractivity contribution in [3.8, 4) is 11.1 Å². The van der Waals surface area contributed by atoms with Crippen LogP contribution in [0.25, 0.3) is 11.1 Å². The molecule has 0 radical (unpaired) electrons. The Hall–Kier alpha value is -3.86. The maximum atomic E-state index is 13.8. The summed E-state index contributed by atoms with van der Waals surface area (Å²) in [4.78, 5) is 33.4. The molecular formula is C33H35Cl2N5O4S. The van der Waals surface area contributed by atoms with E-state index in [2.05, 4.69) is 30.8 Å². The second-order valence-corrected chi connectivity index (χ2v) is 14.0. The van der Waals surface area contributed by atoms with Crippen molar-refractivity contribution in [3.05, 3.63) is 104 Å². The van der Waals surface area contributed by atoms with Crippen LogP contribution in [0.1, 0.15) is 55.4 Å². The quantitative estimate of drug-likeness (QED) is 0.197. The molecule has 1 amide bonds. The zero-order valence-electron chi connectivity index (χ0n) is 25.5. The average Bonchev–Trinajstić information content (AvgIpc) is 3.30. The van der Waals surface area contributed by atoms with Crippen molar-refractivity contribution < 1.29 is 13.2 Å². The summed E-state index contributed by atoms with van der Waals surface area (Å²) in [7, 11) is -2.36. The molecule has 0 bridgehead atoms. The summed E-state index contributed by atoms with van der Waals surface area (Å²) in [6.45, 7) is 6.67. The molecular weight excluding hydrogens is 633 g/mol. The predicted molar refractivity (Wildman–Crippen MR) is 180 cm³/mol. The average molecular weight is 669 g/mol. The van der Waals surface area contributed by atoms with Gasteiger partial charge in [-0.05, 0) is 54.2 Å². The van der Waals surface area contributed by atoms with Crippen LogP contribution in [0.3, 0.4) is 0 Å². The number of aromatic nitrogens is 2. The molecule has 0 aliphatic carbocycles. The second-order valence-electron chi connectivity index (χ2n) is 11.5. The predicted octanol–water partition coefficient (Wildman–Crippen LogP) is 6.57. The Balaban J connectivity index is 1.42. The molecule has 3 aromatic carbocycles. The van der Waals surface area contributed by atoms with Gasteiger partial charge in [0, 0.05) is 24.1 Å². The van der Waals surface area contributed by atoms with Crippen LogP contribution in [0.5, 0.6) is 0 Å². The zero-order valence-corrected chi connectivity index (χ0v) is 27.8. The van der Waals surface area contributed by atoms with Gasteiger partial charge >= 0.3 is 0 Å². The molecule has 12 heteroatoms. The van der Waals surface area contributed by atoms with Gasteiger partial charge in [-0.25, -0.2) is 18.1 Å². The first-order valence-electron chi connectivity index (χ1n) is 14.7. The highest BCUT2D eigenvalue weighted by molar-refractivity contribution is 7.90. The summed E-state index contributed by atoms with van der Waals surface area (Å²) in [5, 5.41) is 3.76. The molecule has 9 nitrogen and oxygen atoms in total. The van der Waals surface area contributed by atoms with Gasteiger partial charge in [-0.3, -0.25) is 14.2 Å². The summed E-state index contributed by atoms with van der Waals surface area (Å²) in [6, 6.07) is 18.0. The summed E-state index contributed by atoms with van der Waals surface area (Å²) in [6.07, 6.45) is 2.37. The van der Waals surface area contributed by atoms with Crippen molar-refractivity contribution in [1.82, 2.24) is 14.3 Å². The van der Waals surface area contributed by atoms with Crippen molar-refractivity contribution in [2.45, 2.75) is 57.6 Å². The van der Waals surface area contributed by atoms with E-state index in [0.29, 0.717) is 47.3 Å². The first-order chi connectivity index (χ1) is 21.4. The molecule has 0 saturated carbocycles. The fourth-order valence-corrected chi connectivity index (χ4v) is 7.05. The van der Waals surface area contributed by atoms with Gasteiger partial charge in [0.25, 0.3) is 21.5 Å². The van der Waals surface area contributed by atoms with E-state index in [1.165, 1.54) is 24.3 Å². The van der Waals surface area contributed by atoms with E-state index >= 15 is 0 Å². The number of anilines is 2. The van der Waals surface area contributed by atoms with Gasteiger partial charge in [-0.1, -0.05) is 86.4 Å². The number of hydrogen-bond acceptors (Lipinski definition) is 7. The normalized spacial score (nSPS) is 14.4. The minimum absolute atomic E-state index is 0.00780. The lowest BCUT2D eigenvalue weighted by Gasteiger charge is -2.23. The third kappa shape index (κ3) is 6.88. The molecule has 0 fully saturated rings. The molecule has 1 unspecified atom stereocenters. The van der Waals surface area contributed by atoms with E-state index in [-0.39, 0.29) is 32.2 Å². The van der Waals surface area contributed by atoms with Crippen molar-refractivity contribution in [1.29, 1.82) is 0 Å². The second kappa shape index (κ2) is 13.2. The van der Waals surface area contributed by atoms with Crippen LogP contribution in [-0.2, 0) is 23.0 Å². The number of amides is 1. The van der Waals surface area contributed by atoms with Gasteiger partial charge in [0.1, 0.15) is 17.7 Å². The van der Waals surface area contributed by atoms with Crippen LogP contribution < -0.4 is 20.5 Å². The molecule has 1 aliphatic heterocycles. The number of hydrogen-bond donors (Lipinski definition) is 2. The molecule has 2 N–H and O–H groups in total. The number of halogens is 2. The standard InChI is InChI=1S/C33H35Cl2N5O4S/c1-5-8-28-36-31-30(39(4)29(37-31)17-20(2)3)33(42)40(28)19-21-11-13-22(14-12-21)24-9-6-7-10-27(24)45(43,44)38-32(41)25-18-23(34)15-16-26(25)35/h6-7,9-16,18,20,29,37H,5,8,17,19H2,1-4H3,(H,38,41). The highest BCUT2D eigenvalue weighted by Gasteiger charge is 2.32. The monoisotopic (exact) mass is 667 g/mol. The maximum absolute atomic E-state index is 13.8. The van der Waals surface area contributed by atoms with E-state index in [4.69, 9.17) is 28.2 Å². The zero-order chi connectivity index (χ0) is 32.5. The van der Waals surface area contributed by atoms with Gasteiger partial charge in [0.2, 0.25) is 0 Å². The smallest absolute Gasteiger partial charge is 0.279 e. The van der Waals surface area contributed by atoms with Crippen molar-refractivity contribution in [2.24, 2.45) is 5.92 Å². The van der Waals surface area contributed by atoms with Crippen LogP contribution in [-0.4, -0.2) is 37.1 Å². The van der Waals surface area contributed by atoms with Crippen LogP contribution >= 0.6 is 23.2 Å². The number of nitrogens with one attached hydrogen (secondary N) is 2. The third-order valence-corrected chi connectivity index (χ3v) is 9.65. The van der Waals surface area contributed by atoms with Crippen molar-refractivity contribution in [3.63, 3.8) is 0 Å². The molecule has 0 spiro atoms. The lowest BCUT2D eigenvalue weighted by atomic mass is 10.0. The number of nitrogens with zero attached hydrogens (tertiary/aromatic N) is 3. The van der Waals surface area contributed by atoms with Gasteiger partial charge in [-0.15, -0.1) is 0 Å².